The molecule has 0 saturated carbocycles. The van der Waals surface area contributed by atoms with Gasteiger partial charge in [0.05, 0.1) is 6.42 Å². The summed E-state index contributed by atoms with van der Waals surface area (Å²) < 4.78 is 0. The molecule has 4 nitrogen and oxygen atoms in total. The highest BCUT2D eigenvalue weighted by molar-refractivity contribution is 5.82. The average Bonchev–Trinajstić information content (AvgIpc) is 2.30. The van der Waals surface area contributed by atoms with Crippen molar-refractivity contribution in [2.45, 2.75) is 33.7 Å². The first-order valence-electron chi connectivity index (χ1n) is 6.34. The summed E-state index contributed by atoms with van der Waals surface area (Å²) in [7, 11) is 1.71. The van der Waals surface area contributed by atoms with Gasteiger partial charge in [-0.3, -0.25) is 9.59 Å². The Kier molecular flexibility index (Phi) is 5.10. The van der Waals surface area contributed by atoms with E-state index in [2.05, 4.69) is 6.07 Å². The van der Waals surface area contributed by atoms with Crippen LogP contribution in [0.2, 0.25) is 0 Å². The highest BCUT2D eigenvalue weighted by atomic mass is 16.4. The monoisotopic (exact) mass is 263 g/mol. The molecule has 0 bridgehead atoms. The Morgan fingerprint density at radius 2 is 1.95 bits per heavy atom. The standard InChI is InChI=1S/C15H21NO3/c1-10-5-6-13(11(2)7-10)9-16(4)15(19)12(3)8-14(17)18/h5-7,12H,8-9H2,1-4H3,(H,17,18). The number of rotatable bonds is 5. The minimum absolute atomic E-state index is 0.129. The zero-order chi connectivity index (χ0) is 14.6. The topological polar surface area (TPSA) is 57.6 Å². The summed E-state index contributed by atoms with van der Waals surface area (Å²) in [5.41, 5.74) is 3.42. The number of carbonyl (C=O) groups is 2. The Labute approximate surface area is 114 Å². The molecule has 1 atom stereocenters. The number of carbonyl (C=O) groups excluding carboxylic acids is 1. The first-order valence-corrected chi connectivity index (χ1v) is 6.34. The number of carboxylic acids is 1. The molecule has 1 N–H and O–H groups in total. The number of carboxylic acid groups (broad SMARTS) is 1. The second-order valence-electron chi connectivity index (χ2n) is 5.12. The van der Waals surface area contributed by atoms with E-state index >= 15 is 0 Å². The number of aryl methyl sites for hydroxylation is 2. The van der Waals surface area contributed by atoms with Crippen LogP contribution in [0.3, 0.4) is 0 Å². The van der Waals surface area contributed by atoms with Crippen molar-refractivity contribution in [3.63, 3.8) is 0 Å². The van der Waals surface area contributed by atoms with E-state index in [-0.39, 0.29) is 12.3 Å². The molecular formula is C15H21NO3. The van der Waals surface area contributed by atoms with Gasteiger partial charge in [0.25, 0.3) is 0 Å². The Bertz CT molecular complexity index is 482. The molecule has 0 aliphatic rings. The van der Waals surface area contributed by atoms with Crippen LogP contribution >= 0.6 is 0 Å². The largest absolute Gasteiger partial charge is 0.481 e. The third-order valence-electron chi connectivity index (χ3n) is 3.18. The number of hydrogen-bond acceptors (Lipinski definition) is 2. The number of benzene rings is 1. The number of hydrogen-bond donors (Lipinski definition) is 1. The molecule has 0 heterocycles. The lowest BCUT2D eigenvalue weighted by Gasteiger charge is -2.21. The molecule has 104 valence electrons. The van der Waals surface area contributed by atoms with E-state index in [1.165, 1.54) is 5.56 Å². The van der Waals surface area contributed by atoms with Crippen molar-refractivity contribution in [2.24, 2.45) is 5.92 Å². The third kappa shape index (κ3) is 4.39. The van der Waals surface area contributed by atoms with Gasteiger partial charge in [0.2, 0.25) is 5.91 Å². The maximum atomic E-state index is 12.0. The van der Waals surface area contributed by atoms with Gasteiger partial charge in [0.1, 0.15) is 0 Å². The van der Waals surface area contributed by atoms with Crippen molar-refractivity contribution in [3.05, 3.63) is 34.9 Å². The number of nitrogens with zero attached hydrogens (tertiary/aromatic N) is 1. The van der Waals surface area contributed by atoms with Crippen molar-refractivity contribution in [1.82, 2.24) is 4.90 Å². The summed E-state index contributed by atoms with van der Waals surface area (Å²) in [4.78, 5) is 24.2. The fourth-order valence-electron chi connectivity index (χ4n) is 2.08. The van der Waals surface area contributed by atoms with Crippen LogP contribution in [-0.4, -0.2) is 28.9 Å². The fraction of sp³-hybridized carbons (Fsp3) is 0.467. The summed E-state index contributed by atoms with van der Waals surface area (Å²) in [5, 5.41) is 8.71. The number of amides is 1. The molecule has 4 heteroatoms. The second-order valence-corrected chi connectivity index (χ2v) is 5.12. The molecule has 1 unspecified atom stereocenters. The normalized spacial score (nSPS) is 12.0. The zero-order valence-corrected chi connectivity index (χ0v) is 11.9. The summed E-state index contributed by atoms with van der Waals surface area (Å²) in [6.45, 7) is 6.20. The SMILES string of the molecule is Cc1ccc(CN(C)C(=O)C(C)CC(=O)O)c(C)c1. The molecule has 1 amide bonds. The van der Waals surface area contributed by atoms with Gasteiger partial charge in [-0.25, -0.2) is 0 Å². The van der Waals surface area contributed by atoms with Crippen LogP contribution in [-0.2, 0) is 16.1 Å². The van der Waals surface area contributed by atoms with Gasteiger partial charge < -0.3 is 10.0 Å². The molecular weight excluding hydrogens is 242 g/mol. The van der Waals surface area contributed by atoms with Crippen LogP contribution in [0.1, 0.15) is 30.0 Å². The van der Waals surface area contributed by atoms with E-state index < -0.39 is 11.9 Å². The van der Waals surface area contributed by atoms with E-state index in [0.29, 0.717) is 6.54 Å². The highest BCUT2D eigenvalue weighted by Gasteiger charge is 2.20. The van der Waals surface area contributed by atoms with Crippen LogP contribution in [0.15, 0.2) is 18.2 Å². The van der Waals surface area contributed by atoms with Gasteiger partial charge in [-0.15, -0.1) is 0 Å². The lowest BCUT2D eigenvalue weighted by atomic mass is 10.0. The summed E-state index contributed by atoms with van der Waals surface area (Å²) in [5.74, 6) is -1.57. The van der Waals surface area contributed by atoms with Gasteiger partial charge in [-0.05, 0) is 25.0 Å². The van der Waals surface area contributed by atoms with Crippen molar-refractivity contribution < 1.29 is 14.7 Å². The Balaban J connectivity index is 2.70. The predicted octanol–water partition coefficient (Wildman–Crippen LogP) is 2.37. The van der Waals surface area contributed by atoms with Gasteiger partial charge in [-0.2, -0.15) is 0 Å². The first kappa shape index (κ1) is 15.2. The Hall–Kier alpha value is -1.84. The van der Waals surface area contributed by atoms with Crippen LogP contribution < -0.4 is 0 Å². The minimum Gasteiger partial charge on any atom is -0.481 e. The summed E-state index contributed by atoms with van der Waals surface area (Å²) in [6.07, 6.45) is -0.129. The molecule has 0 saturated heterocycles. The van der Waals surface area contributed by atoms with E-state index in [1.54, 1.807) is 18.9 Å². The maximum Gasteiger partial charge on any atom is 0.304 e. The predicted molar refractivity (Wildman–Crippen MR) is 73.8 cm³/mol. The van der Waals surface area contributed by atoms with E-state index in [4.69, 9.17) is 5.11 Å². The third-order valence-corrected chi connectivity index (χ3v) is 3.18. The molecule has 19 heavy (non-hydrogen) atoms. The van der Waals surface area contributed by atoms with Crippen LogP contribution in [0, 0.1) is 19.8 Å². The smallest absolute Gasteiger partial charge is 0.304 e. The van der Waals surface area contributed by atoms with Gasteiger partial charge >= 0.3 is 5.97 Å². The highest BCUT2D eigenvalue weighted by Crippen LogP contribution is 2.14. The van der Waals surface area contributed by atoms with Crippen molar-refractivity contribution >= 4 is 11.9 Å². The van der Waals surface area contributed by atoms with Gasteiger partial charge in [0, 0.05) is 19.5 Å². The fourth-order valence-corrected chi connectivity index (χ4v) is 2.08. The molecule has 1 aromatic rings. The Morgan fingerprint density at radius 3 is 2.47 bits per heavy atom. The van der Waals surface area contributed by atoms with Crippen LogP contribution in [0.4, 0.5) is 0 Å². The lowest BCUT2D eigenvalue weighted by molar-refractivity contribution is -0.143. The van der Waals surface area contributed by atoms with E-state index in [1.807, 2.05) is 26.0 Å². The van der Waals surface area contributed by atoms with Crippen molar-refractivity contribution in [2.75, 3.05) is 7.05 Å². The molecule has 0 aromatic heterocycles. The Morgan fingerprint density at radius 1 is 1.32 bits per heavy atom. The molecule has 0 aliphatic heterocycles. The van der Waals surface area contributed by atoms with Gasteiger partial charge in [-0.1, -0.05) is 30.7 Å². The summed E-state index contributed by atoms with van der Waals surface area (Å²) >= 11 is 0. The maximum absolute atomic E-state index is 12.0. The van der Waals surface area contributed by atoms with E-state index in [0.717, 1.165) is 11.1 Å². The van der Waals surface area contributed by atoms with Crippen LogP contribution in [0.5, 0.6) is 0 Å². The molecule has 1 aromatic carbocycles. The average molecular weight is 263 g/mol. The molecule has 0 aliphatic carbocycles. The van der Waals surface area contributed by atoms with Crippen molar-refractivity contribution in [3.8, 4) is 0 Å². The summed E-state index contributed by atoms with van der Waals surface area (Å²) in [6, 6.07) is 6.10. The molecule has 0 spiro atoms. The van der Waals surface area contributed by atoms with Crippen LogP contribution in [0.25, 0.3) is 0 Å². The molecule has 0 fully saturated rings. The quantitative estimate of drug-likeness (QED) is 0.887. The minimum atomic E-state index is -0.944. The van der Waals surface area contributed by atoms with Gasteiger partial charge in [0.15, 0.2) is 0 Å². The molecule has 0 radical (unpaired) electrons. The first-order chi connectivity index (χ1) is 8.81. The molecule has 1 rings (SSSR count). The number of aliphatic carboxylic acids is 1. The second kappa shape index (κ2) is 6.36. The van der Waals surface area contributed by atoms with E-state index in [9.17, 15) is 9.59 Å². The lowest BCUT2D eigenvalue weighted by Crippen LogP contribution is -2.32. The zero-order valence-electron chi connectivity index (χ0n) is 11.9. The van der Waals surface area contributed by atoms with Crippen molar-refractivity contribution in [1.29, 1.82) is 0 Å².